The lowest BCUT2D eigenvalue weighted by Gasteiger charge is -2.10. The molecule has 0 bridgehead atoms. The predicted molar refractivity (Wildman–Crippen MR) is 104 cm³/mol. The third kappa shape index (κ3) is 5.20. The van der Waals surface area contributed by atoms with E-state index in [-0.39, 0.29) is 0 Å². The van der Waals surface area contributed by atoms with E-state index >= 15 is 0 Å². The second-order valence-electron chi connectivity index (χ2n) is 6.45. The number of hydrogen-bond donors (Lipinski definition) is 1. The molecule has 0 spiro atoms. The van der Waals surface area contributed by atoms with Gasteiger partial charge in [-0.05, 0) is 48.2 Å². The van der Waals surface area contributed by atoms with E-state index in [4.69, 9.17) is 4.74 Å². The van der Waals surface area contributed by atoms with Crippen molar-refractivity contribution in [1.29, 1.82) is 0 Å². The first kappa shape index (κ1) is 17.2. The smallest absolute Gasteiger partial charge is 0.119 e. The molecule has 0 saturated carbocycles. The summed E-state index contributed by atoms with van der Waals surface area (Å²) in [6.07, 6.45) is 0. The maximum Gasteiger partial charge on any atom is 0.119 e. The SMILES string of the molecule is Cc1ccc(CNCc2ccc(OCc3ccccc3C)cc2)cc1. The number of rotatable bonds is 7. The van der Waals surface area contributed by atoms with Gasteiger partial charge in [-0.3, -0.25) is 0 Å². The molecule has 0 saturated heterocycles. The van der Waals surface area contributed by atoms with Gasteiger partial charge in [0.25, 0.3) is 0 Å². The van der Waals surface area contributed by atoms with Crippen LogP contribution in [0, 0.1) is 13.8 Å². The molecule has 0 aliphatic heterocycles. The minimum absolute atomic E-state index is 0.609. The Morgan fingerprint density at radius 3 is 1.96 bits per heavy atom. The molecule has 2 nitrogen and oxygen atoms in total. The van der Waals surface area contributed by atoms with Crippen LogP contribution in [0.25, 0.3) is 0 Å². The van der Waals surface area contributed by atoms with Gasteiger partial charge in [-0.15, -0.1) is 0 Å². The van der Waals surface area contributed by atoms with Crippen LogP contribution < -0.4 is 10.1 Å². The molecule has 0 aliphatic carbocycles. The van der Waals surface area contributed by atoms with Crippen LogP contribution in [0.3, 0.4) is 0 Å². The average molecular weight is 331 g/mol. The Hall–Kier alpha value is -2.58. The second-order valence-corrected chi connectivity index (χ2v) is 6.45. The summed E-state index contributed by atoms with van der Waals surface area (Å²) in [7, 11) is 0. The van der Waals surface area contributed by atoms with Crippen LogP contribution in [-0.2, 0) is 19.7 Å². The minimum atomic E-state index is 0.609. The van der Waals surface area contributed by atoms with E-state index in [2.05, 4.69) is 79.8 Å². The summed E-state index contributed by atoms with van der Waals surface area (Å²) < 4.78 is 5.89. The Kier molecular flexibility index (Phi) is 5.86. The van der Waals surface area contributed by atoms with Crippen LogP contribution in [0.2, 0.25) is 0 Å². The van der Waals surface area contributed by atoms with Crippen LogP contribution in [0.1, 0.15) is 27.8 Å². The molecule has 0 unspecified atom stereocenters. The van der Waals surface area contributed by atoms with E-state index in [1.807, 2.05) is 12.1 Å². The normalized spacial score (nSPS) is 10.6. The fourth-order valence-electron chi connectivity index (χ4n) is 2.69. The summed E-state index contributed by atoms with van der Waals surface area (Å²) >= 11 is 0. The summed E-state index contributed by atoms with van der Waals surface area (Å²) in [6.45, 7) is 6.57. The van der Waals surface area contributed by atoms with Crippen molar-refractivity contribution in [3.63, 3.8) is 0 Å². The van der Waals surface area contributed by atoms with Crippen LogP contribution in [0.4, 0.5) is 0 Å². The topological polar surface area (TPSA) is 21.3 Å². The van der Waals surface area contributed by atoms with Crippen LogP contribution in [0.5, 0.6) is 5.75 Å². The van der Waals surface area contributed by atoms with Crippen molar-refractivity contribution in [2.75, 3.05) is 0 Å². The van der Waals surface area contributed by atoms with E-state index in [0.29, 0.717) is 6.61 Å². The van der Waals surface area contributed by atoms with Crippen molar-refractivity contribution < 1.29 is 4.74 Å². The highest BCUT2D eigenvalue weighted by atomic mass is 16.5. The molecular formula is C23H25NO. The quantitative estimate of drug-likeness (QED) is 0.645. The van der Waals surface area contributed by atoms with Crippen molar-refractivity contribution in [2.24, 2.45) is 0 Å². The molecule has 0 atom stereocenters. The van der Waals surface area contributed by atoms with Crippen molar-refractivity contribution in [3.8, 4) is 5.75 Å². The summed E-state index contributed by atoms with van der Waals surface area (Å²) in [5, 5.41) is 3.48. The molecule has 3 rings (SSSR count). The first-order chi connectivity index (χ1) is 12.2. The Bertz CT molecular complexity index is 791. The Balaban J connectivity index is 1.47. The first-order valence-electron chi connectivity index (χ1n) is 8.73. The zero-order valence-electron chi connectivity index (χ0n) is 15.0. The lowest BCUT2D eigenvalue weighted by atomic mass is 10.1. The van der Waals surface area contributed by atoms with Crippen molar-refractivity contribution in [1.82, 2.24) is 5.32 Å². The lowest BCUT2D eigenvalue weighted by molar-refractivity contribution is 0.305. The van der Waals surface area contributed by atoms with E-state index < -0.39 is 0 Å². The molecule has 128 valence electrons. The number of hydrogen-bond acceptors (Lipinski definition) is 2. The minimum Gasteiger partial charge on any atom is -0.489 e. The average Bonchev–Trinajstić information content (AvgIpc) is 2.64. The second kappa shape index (κ2) is 8.50. The molecule has 3 aromatic carbocycles. The van der Waals surface area contributed by atoms with Gasteiger partial charge in [0.05, 0.1) is 0 Å². The summed E-state index contributed by atoms with van der Waals surface area (Å²) in [4.78, 5) is 0. The van der Waals surface area contributed by atoms with Gasteiger partial charge in [-0.2, -0.15) is 0 Å². The van der Waals surface area contributed by atoms with Gasteiger partial charge in [0, 0.05) is 13.1 Å². The van der Waals surface area contributed by atoms with E-state index in [9.17, 15) is 0 Å². The van der Waals surface area contributed by atoms with Gasteiger partial charge < -0.3 is 10.1 Å². The molecule has 25 heavy (non-hydrogen) atoms. The maximum atomic E-state index is 5.89. The molecule has 0 aromatic heterocycles. The molecule has 0 aliphatic rings. The number of ether oxygens (including phenoxy) is 1. The zero-order valence-corrected chi connectivity index (χ0v) is 15.0. The summed E-state index contributed by atoms with van der Waals surface area (Å²) in [5.74, 6) is 0.908. The molecule has 2 heteroatoms. The highest BCUT2D eigenvalue weighted by Crippen LogP contribution is 2.16. The number of aryl methyl sites for hydroxylation is 2. The van der Waals surface area contributed by atoms with Crippen molar-refractivity contribution in [3.05, 3.63) is 101 Å². The third-order valence-corrected chi connectivity index (χ3v) is 4.36. The first-order valence-corrected chi connectivity index (χ1v) is 8.73. The molecular weight excluding hydrogens is 306 g/mol. The molecule has 0 radical (unpaired) electrons. The Morgan fingerprint density at radius 2 is 1.32 bits per heavy atom. The maximum absolute atomic E-state index is 5.89. The molecule has 0 amide bonds. The Labute approximate surface area is 150 Å². The number of nitrogens with one attached hydrogen (secondary N) is 1. The van der Waals surface area contributed by atoms with Crippen LogP contribution in [-0.4, -0.2) is 0 Å². The highest BCUT2D eigenvalue weighted by Gasteiger charge is 2.00. The molecule has 3 aromatic rings. The standard InChI is InChI=1S/C23H25NO/c1-18-7-9-20(10-8-18)15-24-16-21-11-13-23(14-12-21)25-17-22-6-4-3-5-19(22)2/h3-14,24H,15-17H2,1-2H3. The molecule has 0 heterocycles. The molecule has 1 N–H and O–H groups in total. The van der Waals surface area contributed by atoms with E-state index in [0.717, 1.165) is 18.8 Å². The number of benzene rings is 3. The van der Waals surface area contributed by atoms with Gasteiger partial charge in [0.15, 0.2) is 0 Å². The van der Waals surface area contributed by atoms with Crippen molar-refractivity contribution in [2.45, 2.75) is 33.5 Å². The highest BCUT2D eigenvalue weighted by molar-refractivity contribution is 5.29. The van der Waals surface area contributed by atoms with Gasteiger partial charge in [0.1, 0.15) is 12.4 Å². The van der Waals surface area contributed by atoms with Gasteiger partial charge in [-0.25, -0.2) is 0 Å². The van der Waals surface area contributed by atoms with Gasteiger partial charge >= 0.3 is 0 Å². The lowest BCUT2D eigenvalue weighted by Crippen LogP contribution is -2.12. The van der Waals surface area contributed by atoms with E-state index in [1.54, 1.807) is 0 Å². The predicted octanol–water partition coefficient (Wildman–Crippen LogP) is 5.17. The monoisotopic (exact) mass is 331 g/mol. The largest absolute Gasteiger partial charge is 0.489 e. The van der Waals surface area contributed by atoms with Gasteiger partial charge in [-0.1, -0.05) is 66.2 Å². The zero-order chi connectivity index (χ0) is 17.5. The van der Waals surface area contributed by atoms with Gasteiger partial charge in [0.2, 0.25) is 0 Å². The summed E-state index contributed by atoms with van der Waals surface area (Å²) in [6, 6.07) is 25.3. The van der Waals surface area contributed by atoms with Crippen molar-refractivity contribution >= 4 is 0 Å². The fourth-order valence-corrected chi connectivity index (χ4v) is 2.69. The van der Waals surface area contributed by atoms with E-state index in [1.165, 1.54) is 27.8 Å². The van der Waals surface area contributed by atoms with Crippen LogP contribution >= 0.6 is 0 Å². The van der Waals surface area contributed by atoms with Crippen LogP contribution in [0.15, 0.2) is 72.8 Å². The molecule has 0 fully saturated rings. The summed E-state index contributed by atoms with van der Waals surface area (Å²) in [5.41, 5.74) is 6.36. The fraction of sp³-hybridized carbons (Fsp3) is 0.217. The Morgan fingerprint density at radius 1 is 0.720 bits per heavy atom. The third-order valence-electron chi connectivity index (χ3n) is 4.36.